The van der Waals surface area contributed by atoms with Crippen LogP contribution in [0, 0.1) is 4.77 Å². The van der Waals surface area contributed by atoms with Crippen LogP contribution in [0.2, 0.25) is 0 Å². The summed E-state index contributed by atoms with van der Waals surface area (Å²) in [6.07, 6.45) is 6.87. The van der Waals surface area contributed by atoms with Crippen molar-refractivity contribution in [1.29, 1.82) is 0 Å². The van der Waals surface area contributed by atoms with Crippen LogP contribution in [0.3, 0.4) is 0 Å². The van der Waals surface area contributed by atoms with Gasteiger partial charge in [-0.25, -0.2) is 4.98 Å². The summed E-state index contributed by atoms with van der Waals surface area (Å²) < 4.78 is 3.96. The third kappa shape index (κ3) is 1.62. The first-order chi connectivity index (χ1) is 7.75. The zero-order valence-corrected chi connectivity index (χ0v) is 11.1. The van der Waals surface area contributed by atoms with E-state index in [0.717, 1.165) is 20.4 Å². The van der Waals surface area contributed by atoms with Crippen molar-refractivity contribution in [1.82, 2.24) is 14.5 Å². The number of aromatic amines is 1. The lowest BCUT2D eigenvalue weighted by molar-refractivity contribution is 0.523. The Balaban J connectivity index is 2.23. The Morgan fingerprint density at radius 3 is 2.94 bits per heavy atom. The van der Waals surface area contributed by atoms with Crippen LogP contribution in [-0.2, 0) is 0 Å². The van der Waals surface area contributed by atoms with Gasteiger partial charge in [0.25, 0.3) is 0 Å². The van der Waals surface area contributed by atoms with Gasteiger partial charge in [0.1, 0.15) is 0 Å². The van der Waals surface area contributed by atoms with Gasteiger partial charge < -0.3 is 4.98 Å². The molecule has 0 spiro atoms. The number of aromatic nitrogens is 3. The number of hydrogen-bond acceptors (Lipinski definition) is 2. The van der Waals surface area contributed by atoms with Crippen molar-refractivity contribution in [2.75, 3.05) is 0 Å². The van der Waals surface area contributed by atoms with Crippen LogP contribution < -0.4 is 0 Å². The Morgan fingerprint density at radius 1 is 1.44 bits per heavy atom. The fraction of sp³-hybridized carbons (Fsp3) is 0.455. The Bertz CT molecular complexity index is 580. The number of H-pyrrole nitrogens is 1. The molecule has 0 aliphatic heterocycles. The highest BCUT2D eigenvalue weighted by Crippen LogP contribution is 2.32. The van der Waals surface area contributed by atoms with Gasteiger partial charge in [0.15, 0.2) is 10.4 Å². The number of fused-ring (bicyclic) bond motifs is 1. The number of imidazole rings is 1. The van der Waals surface area contributed by atoms with Crippen molar-refractivity contribution in [3.63, 3.8) is 0 Å². The molecule has 3 nitrogen and oxygen atoms in total. The maximum Gasteiger partial charge on any atom is 0.179 e. The summed E-state index contributed by atoms with van der Waals surface area (Å²) in [6.45, 7) is 0. The molecule has 0 amide bonds. The second kappa shape index (κ2) is 3.96. The van der Waals surface area contributed by atoms with Crippen molar-refractivity contribution in [3.05, 3.63) is 21.5 Å². The normalized spacial score (nSPS) is 17.3. The molecule has 1 aliphatic rings. The molecule has 1 saturated carbocycles. The van der Waals surface area contributed by atoms with Gasteiger partial charge in [-0.15, -0.1) is 0 Å². The molecule has 2 aromatic rings. The lowest BCUT2D eigenvalue weighted by Crippen LogP contribution is -2.05. The molecule has 0 saturated heterocycles. The van der Waals surface area contributed by atoms with E-state index in [2.05, 4.69) is 30.5 Å². The molecule has 1 fully saturated rings. The lowest BCUT2D eigenvalue weighted by atomic mass is 10.2. The fourth-order valence-electron chi connectivity index (χ4n) is 2.49. The van der Waals surface area contributed by atoms with E-state index in [-0.39, 0.29) is 0 Å². The first-order valence-electron chi connectivity index (χ1n) is 5.51. The van der Waals surface area contributed by atoms with Crippen LogP contribution in [0.5, 0.6) is 0 Å². The second-order valence-electron chi connectivity index (χ2n) is 4.26. The highest BCUT2D eigenvalue weighted by molar-refractivity contribution is 9.10. The molecule has 0 aromatic carbocycles. The first kappa shape index (κ1) is 10.5. The zero-order valence-electron chi connectivity index (χ0n) is 8.74. The summed E-state index contributed by atoms with van der Waals surface area (Å²) in [6, 6.07) is 2.57. The minimum atomic E-state index is 0.537. The average molecular weight is 298 g/mol. The van der Waals surface area contributed by atoms with Crippen molar-refractivity contribution < 1.29 is 0 Å². The lowest BCUT2D eigenvalue weighted by Gasteiger charge is -2.11. The number of rotatable bonds is 1. The molecular weight excluding hydrogens is 286 g/mol. The molecule has 0 atom stereocenters. The summed E-state index contributed by atoms with van der Waals surface area (Å²) >= 11 is 8.81. The van der Waals surface area contributed by atoms with Gasteiger partial charge in [0, 0.05) is 16.7 Å². The Labute approximate surface area is 107 Å². The molecule has 2 heterocycles. The van der Waals surface area contributed by atoms with Crippen LogP contribution in [0.25, 0.3) is 11.2 Å². The number of hydrogen-bond donors (Lipinski definition) is 1. The third-order valence-electron chi connectivity index (χ3n) is 3.21. The quantitative estimate of drug-likeness (QED) is 0.808. The number of nitrogens with one attached hydrogen (secondary N) is 1. The van der Waals surface area contributed by atoms with E-state index in [4.69, 9.17) is 12.2 Å². The Kier molecular flexibility index (Phi) is 2.59. The molecule has 0 bridgehead atoms. The van der Waals surface area contributed by atoms with Crippen LogP contribution in [0.15, 0.2) is 16.7 Å². The van der Waals surface area contributed by atoms with E-state index >= 15 is 0 Å². The van der Waals surface area contributed by atoms with E-state index in [1.54, 1.807) is 0 Å². The third-order valence-corrected chi connectivity index (χ3v) is 3.94. The predicted octanol–water partition coefficient (Wildman–Crippen LogP) is 3.97. The Morgan fingerprint density at radius 2 is 2.19 bits per heavy atom. The summed E-state index contributed by atoms with van der Waals surface area (Å²) in [5, 5.41) is 0. The Hall–Kier alpha value is -0.680. The molecule has 0 unspecified atom stereocenters. The van der Waals surface area contributed by atoms with Crippen molar-refractivity contribution in [2.45, 2.75) is 31.7 Å². The summed E-state index contributed by atoms with van der Waals surface area (Å²) in [7, 11) is 0. The minimum absolute atomic E-state index is 0.537. The molecule has 0 radical (unpaired) electrons. The van der Waals surface area contributed by atoms with E-state index in [1.165, 1.54) is 25.7 Å². The van der Waals surface area contributed by atoms with E-state index < -0.39 is 0 Å². The molecule has 84 valence electrons. The van der Waals surface area contributed by atoms with E-state index in [0.29, 0.717) is 6.04 Å². The largest absolute Gasteiger partial charge is 0.329 e. The topological polar surface area (TPSA) is 33.6 Å². The van der Waals surface area contributed by atoms with E-state index in [9.17, 15) is 0 Å². The number of pyridine rings is 1. The van der Waals surface area contributed by atoms with Crippen LogP contribution in [0.1, 0.15) is 31.7 Å². The summed E-state index contributed by atoms with van der Waals surface area (Å²) in [4.78, 5) is 7.69. The van der Waals surface area contributed by atoms with Gasteiger partial charge in [-0.2, -0.15) is 0 Å². The number of nitrogens with zero attached hydrogens (tertiary/aromatic N) is 2. The van der Waals surface area contributed by atoms with Gasteiger partial charge >= 0.3 is 0 Å². The van der Waals surface area contributed by atoms with Gasteiger partial charge in [-0.3, -0.25) is 4.57 Å². The monoisotopic (exact) mass is 297 g/mol. The van der Waals surface area contributed by atoms with Crippen molar-refractivity contribution >= 4 is 39.3 Å². The molecule has 5 heteroatoms. The van der Waals surface area contributed by atoms with E-state index in [1.807, 2.05) is 12.3 Å². The molecule has 1 N–H and O–H groups in total. The number of halogens is 1. The smallest absolute Gasteiger partial charge is 0.179 e. The molecule has 1 aliphatic carbocycles. The van der Waals surface area contributed by atoms with Gasteiger partial charge in [-0.1, -0.05) is 12.8 Å². The highest BCUT2D eigenvalue weighted by atomic mass is 79.9. The van der Waals surface area contributed by atoms with Crippen molar-refractivity contribution in [2.24, 2.45) is 0 Å². The molecule has 2 aromatic heterocycles. The van der Waals surface area contributed by atoms with Crippen LogP contribution in [-0.4, -0.2) is 14.5 Å². The standard InChI is InChI=1S/C11H12BrN3S/c12-7-5-9-10(13-6-7)15(11(16)14-9)8-3-1-2-4-8/h5-6,8H,1-4H2,(H,14,16). The second-order valence-corrected chi connectivity index (χ2v) is 5.57. The fourth-order valence-corrected chi connectivity index (χ4v) is 3.17. The maximum atomic E-state index is 5.38. The van der Waals surface area contributed by atoms with Crippen molar-refractivity contribution in [3.8, 4) is 0 Å². The SMILES string of the molecule is S=c1[nH]c2cc(Br)cnc2n1C1CCCC1. The maximum absolute atomic E-state index is 5.38. The summed E-state index contributed by atoms with van der Waals surface area (Å²) in [5.74, 6) is 0. The molecular formula is C11H12BrN3S. The van der Waals surface area contributed by atoms with Gasteiger partial charge in [0.05, 0.1) is 5.52 Å². The van der Waals surface area contributed by atoms with Crippen LogP contribution in [0.4, 0.5) is 0 Å². The summed E-state index contributed by atoms with van der Waals surface area (Å²) in [5.41, 5.74) is 2.01. The molecule has 16 heavy (non-hydrogen) atoms. The molecule has 3 rings (SSSR count). The van der Waals surface area contributed by atoms with Crippen LogP contribution >= 0.6 is 28.1 Å². The van der Waals surface area contributed by atoms with Gasteiger partial charge in [0.2, 0.25) is 0 Å². The average Bonchev–Trinajstić information content (AvgIpc) is 2.83. The predicted molar refractivity (Wildman–Crippen MR) is 70.1 cm³/mol. The van der Waals surface area contributed by atoms with Gasteiger partial charge in [-0.05, 0) is 47.1 Å². The minimum Gasteiger partial charge on any atom is -0.329 e. The zero-order chi connectivity index (χ0) is 11.1. The highest BCUT2D eigenvalue weighted by Gasteiger charge is 2.20. The first-order valence-corrected chi connectivity index (χ1v) is 6.71.